The van der Waals surface area contributed by atoms with Crippen molar-refractivity contribution in [3.05, 3.63) is 35.9 Å². The first-order chi connectivity index (χ1) is 6.77. The molecular weight excluding hydrogens is 214 g/mol. The second-order valence-corrected chi connectivity index (χ2v) is 3.76. The summed E-state index contributed by atoms with van der Waals surface area (Å²) in [6.07, 6.45) is -0.220. The zero-order chi connectivity index (χ0) is 9.97. The smallest absolute Gasteiger partial charge is 0.0943 e. The molecule has 1 aliphatic rings. The SMILES string of the molecule is Cl.OC(c1ccccc1)[C@H]1C[C@@H](O)CN1. The Bertz CT molecular complexity index is 294. The van der Waals surface area contributed by atoms with Crippen LogP contribution in [0.2, 0.25) is 0 Å². The molecule has 1 fully saturated rings. The van der Waals surface area contributed by atoms with Gasteiger partial charge >= 0.3 is 0 Å². The van der Waals surface area contributed by atoms with Gasteiger partial charge in [0.1, 0.15) is 0 Å². The molecule has 1 aromatic carbocycles. The summed E-state index contributed by atoms with van der Waals surface area (Å²) in [5.74, 6) is 0. The molecule has 3 nitrogen and oxygen atoms in total. The summed E-state index contributed by atoms with van der Waals surface area (Å²) < 4.78 is 0. The zero-order valence-corrected chi connectivity index (χ0v) is 9.15. The summed E-state index contributed by atoms with van der Waals surface area (Å²) in [7, 11) is 0. The highest BCUT2D eigenvalue weighted by Crippen LogP contribution is 2.22. The fraction of sp³-hybridized carbons (Fsp3) is 0.455. The molecule has 0 saturated carbocycles. The van der Waals surface area contributed by atoms with E-state index in [0.29, 0.717) is 13.0 Å². The maximum Gasteiger partial charge on any atom is 0.0943 e. The highest BCUT2D eigenvalue weighted by atomic mass is 35.5. The lowest BCUT2D eigenvalue weighted by atomic mass is 10.0. The largest absolute Gasteiger partial charge is 0.392 e. The second kappa shape index (κ2) is 5.47. The van der Waals surface area contributed by atoms with Gasteiger partial charge in [0.25, 0.3) is 0 Å². The van der Waals surface area contributed by atoms with Crippen molar-refractivity contribution >= 4 is 12.4 Å². The van der Waals surface area contributed by atoms with Gasteiger partial charge in [-0.3, -0.25) is 0 Å². The Hall–Kier alpha value is -0.610. The molecule has 1 aliphatic heterocycles. The predicted octanol–water partition coefficient (Wildman–Crippen LogP) is 0.865. The summed E-state index contributed by atoms with van der Waals surface area (Å²) in [6, 6.07) is 9.52. The van der Waals surface area contributed by atoms with Crippen molar-refractivity contribution in [1.82, 2.24) is 5.32 Å². The number of rotatable bonds is 2. The molecule has 3 N–H and O–H groups in total. The Kier molecular flexibility index (Phi) is 4.54. The van der Waals surface area contributed by atoms with Crippen LogP contribution >= 0.6 is 12.4 Å². The second-order valence-electron chi connectivity index (χ2n) is 3.76. The van der Waals surface area contributed by atoms with Gasteiger partial charge in [0.15, 0.2) is 0 Å². The highest BCUT2D eigenvalue weighted by Gasteiger charge is 2.28. The zero-order valence-electron chi connectivity index (χ0n) is 8.34. The Morgan fingerprint density at radius 1 is 1.27 bits per heavy atom. The lowest BCUT2D eigenvalue weighted by Gasteiger charge is -2.18. The average Bonchev–Trinajstić information content (AvgIpc) is 2.65. The summed E-state index contributed by atoms with van der Waals surface area (Å²) in [4.78, 5) is 0. The van der Waals surface area contributed by atoms with Crippen molar-refractivity contribution in [3.8, 4) is 0 Å². The summed E-state index contributed by atoms with van der Waals surface area (Å²) >= 11 is 0. The number of β-amino-alcohol motifs (C(OH)–C–C–N with tert-alkyl or cyclic N) is 1. The third kappa shape index (κ3) is 2.92. The van der Waals surface area contributed by atoms with Crippen LogP contribution in [0.25, 0.3) is 0 Å². The maximum absolute atomic E-state index is 9.96. The fourth-order valence-electron chi connectivity index (χ4n) is 1.87. The molecule has 0 amide bonds. The molecule has 84 valence electrons. The molecule has 0 radical (unpaired) electrons. The predicted molar refractivity (Wildman–Crippen MR) is 61.1 cm³/mol. The molecule has 1 aromatic rings. The van der Waals surface area contributed by atoms with Gasteiger partial charge in [-0.05, 0) is 12.0 Å². The summed E-state index contributed by atoms with van der Waals surface area (Å²) in [5, 5.41) is 22.4. The first kappa shape index (κ1) is 12.5. The summed E-state index contributed by atoms with van der Waals surface area (Å²) in [6.45, 7) is 0.578. The van der Waals surface area contributed by atoms with Crippen LogP contribution in [0, 0.1) is 0 Å². The number of hydrogen-bond acceptors (Lipinski definition) is 3. The van der Waals surface area contributed by atoms with E-state index in [1.807, 2.05) is 30.3 Å². The van der Waals surface area contributed by atoms with Crippen molar-refractivity contribution in [1.29, 1.82) is 0 Å². The van der Waals surface area contributed by atoms with Crippen LogP contribution in [0.3, 0.4) is 0 Å². The third-order valence-electron chi connectivity index (χ3n) is 2.66. The quantitative estimate of drug-likeness (QED) is 0.705. The molecule has 4 heteroatoms. The van der Waals surface area contributed by atoms with Gasteiger partial charge < -0.3 is 15.5 Å². The van der Waals surface area contributed by atoms with Crippen molar-refractivity contribution in [2.45, 2.75) is 24.7 Å². The topological polar surface area (TPSA) is 52.5 Å². The molecule has 1 heterocycles. The standard InChI is InChI=1S/C11H15NO2.ClH/c13-9-6-10(12-7-9)11(14)8-4-2-1-3-5-8;/h1-5,9-14H,6-7H2;1H/t9-,10-,11?;/m1./s1. The van der Waals surface area contributed by atoms with Crippen LogP contribution in [-0.2, 0) is 0 Å². The lowest BCUT2D eigenvalue weighted by Crippen LogP contribution is -2.28. The average molecular weight is 230 g/mol. The molecule has 1 unspecified atom stereocenters. The Morgan fingerprint density at radius 3 is 2.47 bits per heavy atom. The number of hydrogen-bond donors (Lipinski definition) is 3. The molecule has 0 aliphatic carbocycles. The number of halogens is 1. The van der Waals surface area contributed by atoms with Crippen LogP contribution < -0.4 is 5.32 Å². The van der Waals surface area contributed by atoms with E-state index in [-0.39, 0.29) is 24.6 Å². The normalized spacial score (nSPS) is 27.1. The molecule has 1 saturated heterocycles. The molecule has 15 heavy (non-hydrogen) atoms. The van der Waals surface area contributed by atoms with Gasteiger partial charge in [-0.25, -0.2) is 0 Å². The minimum Gasteiger partial charge on any atom is -0.392 e. The van der Waals surface area contributed by atoms with Crippen LogP contribution in [0.4, 0.5) is 0 Å². The van der Waals surface area contributed by atoms with Gasteiger partial charge in [0.05, 0.1) is 12.2 Å². The summed E-state index contributed by atoms with van der Waals surface area (Å²) in [5.41, 5.74) is 0.902. The minimum atomic E-state index is -0.520. The Labute approximate surface area is 95.5 Å². The van der Waals surface area contributed by atoms with Gasteiger partial charge in [-0.15, -0.1) is 12.4 Å². The minimum absolute atomic E-state index is 0. The van der Waals surface area contributed by atoms with E-state index in [1.165, 1.54) is 0 Å². The van der Waals surface area contributed by atoms with Gasteiger partial charge in [0.2, 0.25) is 0 Å². The number of benzene rings is 1. The molecule has 2 rings (SSSR count). The van der Waals surface area contributed by atoms with E-state index in [0.717, 1.165) is 5.56 Å². The molecule has 0 spiro atoms. The van der Waals surface area contributed by atoms with Crippen LogP contribution in [0.15, 0.2) is 30.3 Å². The monoisotopic (exact) mass is 229 g/mol. The first-order valence-corrected chi connectivity index (χ1v) is 4.92. The van der Waals surface area contributed by atoms with Gasteiger partial charge in [-0.2, -0.15) is 0 Å². The van der Waals surface area contributed by atoms with E-state index in [2.05, 4.69) is 5.32 Å². The molecule has 0 bridgehead atoms. The molecule has 3 atom stereocenters. The van der Waals surface area contributed by atoms with Crippen LogP contribution in [0.5, 0.6) is 0 Å². The van der Waals surface area contributed by atoms with E-state index in [1.54, 1.807) is 0 Å². The van der Waals surface area contributed by atoms with Crippen LogP contribution in [-0.4, -0.2) is 28.9 Å². The highest BCUT2D eigenvalue weighted by molar-refractivity contribution is 5.85. The number of aliphatic hydroxyl groups excluding tert-OH is 2. The van der Waals surface area contributed by atoms with Gasteiger partial charge in [0, 0.05) is 12.6 Å². The van der Waals surface area contributed by atoms with E-state index in [9.17, 15) is 10.2 Å². The lowest BCUT2D eigenvalue weighted by molar-refractivity contribution is 0.125. The van der Waals surface area contributed by atoms with Crippen molar-refractivity contribution < 1.29 is 10.2 Å². The van der Waals surface area contributed by atoms with Gasteiger partial charge in [-0.1, -0.05) is 30.3 Å². The van der Waals surface area contributed by atoms with Crippen molar-refractivity contribution in [2.75, 3.05) is 6.54 Å². The third-order valence-corrected chi connectivity index (χ3v) is 2.66. The first-order valence-electron chi connectivity index (χ1n) is 4.92. The fourth-order valence-corrected chi connectivity index (χ4v) is 1.87. The van der Waals surface area contributed by atoms with Crippen molar-refractivity contribution in [2.24, 2.45) is 0 Å². The van der Waals surface area contributed by atoms with E-state index >= 15 is 0 Å². The molecule has 0 aromatic heterocycles. The van der Waals surface area contributed by atoms with E-state index < -0.39 is 6.10 Å². The number of aliphatic hydroxyl groups is 2. The van der Waals surface area contributed by atoms with E-state index in [4.69, 9.17) is 0 Å². The van der Waals surface area contributed by atoms with Crippen molar-refractivity contribution in [3.63, 3.8) is 0 Å². The maximum atomic E-state index is 9.96. The molecular formula is C11H16ClNO2. The Morgan fingerprint density at radius 2 is 1.93 bits per heavy atom. The van der Waals surface area contributed by atoms with Crippen LogP contribution in [0.1, 0.15) is 18.1 Å². The Balaban J connectivity index is 0.00000112. The number of nitrogens with one attached hydrogen (secondary N) is 1.